The molecule has 0 spiro atoms. The average molecular weight is 174 g/mol. The van der Waals surface area contributed by atoms with Crippen LogP contribution in [0.1, 0.15) is 24.1 Å². The number of benzene rings is 1. The summed E-state index contributed by atoms with van der Waals surface area (Å²) in [4.78, 5) is 0. The lowest BCUT2D eigenvalue weighted by molar-refractivity contribution is 0.658. The van der Waals surface area contributed by atoms with Gasteiger partial charge >= 0.3 is 0 Å². The van der Waals surface area contributed by atoms with Gasteiger partial charge in [-0.1, -0.05) is 36.8 Å². The molecule has 0 amide bonds. The number of nitrogens with zero attached hydrogens (tertiary/aromatic N) is 1. The first-order valence-corrected chi connectivity index (χ1v) is 4.47. The van der Waals surface area contributed by atoms with Crippen molar-refractivity contribution >= 4 is 0 Å². The van der Waals surface area contributed by atoms with Crippen LogP contribution in [0.4, 0.5) is 0 Å². The topological polar surface area (TPSA) is 35.8 Å². The Labute approximate surface area is 79.2 Å². The highest BCUT2D eigenvalue weighted by molar-refractivity contribution is 5.27. The van der Waals surface area contributed by atoms with Gasteiger partial charge in [-0.25, -0.2) is 0 Å². The summed E-state index contributed by atoms with van der Waals surface area (Å²) in [6.07, 6.45) is 0. The summed E-state index contributed by atoms with van der Waals surface area (Å²) < 4.78 is 0. The molecule has 0 heterocycles. The summed E-state index contributed by atoms with van der Waals surface area (Å²) in [6.45, 7) is 4.85. The molecule has 1 aromatic rings. The molecule has 0 unspecified atom stereocenters. The lowest BCUT2D eigenvalue weighted by Gasteiger charge is -2.09. The lowest BCUT2D eigenvalue weighted by atomic mass is 10.1. The van der Waals surface area contributed by atoms with Crippen LogP contribution >= 0.6 is 0 Å². The Hall–Kier alpha value is -1.33. The minimum Gasteiger partial charge on any atom is -0.298 e. The van der Waals surface area contributed by atoms with Crippen LogP contribution in [0.25, 0.3) is 0 Å². The van der Waals surface area contributed by atoms with Crippen LogP contribution in [0, 0.1) is 18.3 Å². The maximum Gasteiger partial charge on any atom is 0.121 e. The van der Waals surface area contributed by atoms with Crippen LogP contribution in [0.5, 0.6) is 0 Å². The van der Waals surface area contributed by atoms with Gasteiger partial charge in [-0.3, -0.25) is 5.32 Å². The van der Waals surface area contributed by atoms with E-state index in [0.717, 1.165) is 12.1 Å². The van der Waals surface area contributed by atoms with Crippen molar-refractivity contribution in [1.29, 1.82) is 5.26 Å². The van der Waals surface area contributed by atoms with Crippen LogP contribution < -0.4 is 5.32 Å². The van der Waals surface area contributed by atoms with Gasteiger partial charge in [0.2, 0.25) is 0 Å². The van der Waals surface area contributed by atoms with E-state index in [2.05, 4.69) is 11.4 Å². The predicted molar refractivity (Wildman–Crippen MR) is 53.2 cm³/mol. The van der Waals surface area contributed by atoms with Gasteiger partial charge in [0.05, 0.1) is 6.07 Å². The first-order chi connectivity index (χ1) is 6.27. The Morgan fingerprint density at radius 1 is 1.38 bits per heavy atom. The zero-order valence-corrected chi connectivity index (χ0v) is 8.04. The summed E-state index contributed by atoms with van der Waals surface area (Å²) in [5, 5.41) is 12.0. The second kappa shape index (κ2) is 4.64. The van der Waals surface area contributed by atoms with Gasteiger partial charge in [-0.2, -0.15) is 5.26 Å². The van der Waals surface area contributed by atoms with E-state index in [1.165, 1.54) is 5.56 Å². The van der Waals surface area contributed by atoms with Gasteiger partial charge in [0.15, 0.2) is 0 Å². The van der Waals surface area contributed by atoms with Crippen LogP contribution in [-0.4, -0.2) is 6.54 Å². The third kappa shape index (κ3) is 2.57. The average Bonchev–Trinajstić information content (AvgIpc) is 2.16. The van der Waals surface area contributed by atoms with E-state index < -0.39 is 0 Å². The molecule has 1 rings (SSSR count). The molecule has 0 bridgehead atoms. The van der Waals surface area contributed by atoms with Gasteiger partial charge in [0.1, 0.15) is 6.04 Å². The minimum atomic E-state index is -0.175. The lowest BCUT2D eigenvalue weighted by Crippen LogP contribution is -2.18. The highest BCUT2D eigenvalue weighted by Gasteiger charge is 2.06. The van der Waals surface area contributed by atoms with Gasteiger partial charge in [0.25, 0.3) is 0 Å². The first kappa shape index (κ1) is 9.76. The van der Waals surface area contributed by atoms with Crippen molar-refractivity contribution < 1.29 is 0 Å². The van der Waals surface area contributed by atoms with Crippen molar-refractivity contribution in [2.24, 2.45) is 0 Å². The minimum absolute atomic E-state index is 0.175. The highest BCUT2D eigenvalue weighted by atomic mass is 14.9. The summed E-state index contributed by atoms with van der Waals surface area (Å²) in [6, 6.07) is 10.1. The van der Waals surface area contributed by atoms with E-state index in [1.54, 1.807) is 0 Å². The van der Waals surface area contributed by atoms with Crippen molar-refractivity contribution in [3.05, 3.63) is 35.4 Å². The molecule has 1 N–H and O–H groups in total. The summed E-state index contributed by atoms with van der Waals surface area (Å²) in [7, 11) is 0. The van der Waals surface area contributed by atoms with E-state index in [0.29, 0.717) is 0 Å². The quantitative estimate of drug-likeness (QED) is 0.762. The Balaban J connectivity index is 2.81. The molecule has 0 fully saturated rings. The van der Waals surface area contributed by atoms with Gasteiger partial charge in [-0.15, -0.1) is 0 Å². The molecule has 2 heteroatoms. The van der Waals surface area contributed by atoms with Crippen LogP contribution in [0.2, 0.25) is 0 Å². The molecule has 13 heavy (non-hydrogen) atoms. The number of hydrogen-bond acceptors (Lipinski definition) is 2. The fraction of sp³-hybridized carbons (Fsp3) is 0.364. The SMILES string of the molecule is CCN[C@H](C#N)c1ccc(C)cc1. The van der Waals surface area contributed by atoms with Crippen molar-refractivity contribution in [3.8, 4) is 6.07 Å². The molecule has 68 valence electrons. The van der Waals surface area contributed by atoms with E-state index in [-0.39, 0.29) is 6.04 Å². The normalized spacial score (nSPS) is 12.1. The maximum absolute atomic E-state index is 8.87. The summed E-state index contributed by atoms with van der Waals surface area (Å²) in [5.41, 5.74) is 2.26. The van der Waals surface area contributed by atoms with E-state index in [9.17, 15) is 0 Å². The highest BCUT2D eigenvalue weighted by Crippen LogP contribution is 2.12. The van der Waals surface area contributed by atoms with Crippen molar-refractivity contribution in [3.63, 3.8) is 0 Å². The molecule has 0 aliphatic rings. The van der Waals surface area contributed by atoms with Gasteiger partial charge in [-0.05, 0) is 19.0 Å². The molecule has 0 aliphatic carbocycles. The maximum atomic E-state index is 8.87. The van der Waals surface area contributed by atoms with Gasteiger partial charge in [0, 0.05) is 0 Å². The Morgan fingerprint density at radius 2 is 2.00 bits per heavy atom. The number of hydrogen-bond donors (Lipinski definition) is 1. The number of nitriles is 1. The van der Waals surface area contributed by atoms with Crippen molar-refractivity contribution in [1.82, 2.24) is 5.32 Å². The van der Waals surface area contributed by atoms with Gasteiger partial charge < -0.3 is 0 Å². The third-order valence-corrected chi connectivity index (χ3v) is 1.95. The molecule has 0 aliphatic heterocycles. The van der Waals surface area contributed by atoms with E-state index in [1.807, 2.05) is 38.1 Å². The Morgan fingerprint density at radius 3 is 2.46 bits per heavy atom. The number of nitrogens with one attached hydrogen (secondary N) is 1. The summed E-state index contributed by atoms with van der Waals surface area (Å²) >= 11 is 0. The van der Waals surface area contributed by atoms with E-state index >= 15 is 0 Å². The molecule has 0 aromatic heterocycles. The van der Waals surface area contributed by atoms with Crippen LogP contribution in [0.15, 0.2) is 24.3 Å². The second-order valence-electron chi connectivity index (χ2n) is 3.03. The Bertz CT molecular complexity index is 295. The molecule has 2 nitrogen and oxygen atoms in total. The van der Waals surface area contributed by atoms with E-state index in [4.69, 9.17) is 5.26 Å². The third-order valence-electron chi connectivity index (χ3n) is 1.95. The largest absolute Gasteiger partial charge is 0.298 e. The van der Waals surface area contributed by atoms with Crippen molar-refractivity contribution in [2.45, 2.75) is 19.9 Å². The summed E-state index contributed by atoms with van der Waals surface area (Å²) in [5.74, 6) is 0. The monoisotopic (exact) mass is 174 g/mol. The second-order valence-corrected chi connectivity index (χ2v) is 3.03. The molecular formula is C11H14N2. The zero-order chi connectivity index (χ0) is 9.68. The van der Waals surface area contributed by atoms with Crippen LogP contribution in [0.3, 0.4) is 0 Å². The predicted octanol–water partition coefficient (Wildman–Crippen LogP) is 2.17. The molecular weight excluding hydrogens is 160 g/mol. The fourth-order valence-corrected chi connectivity index (χ4v) is 1.20. The number of rotatable bonds is 3. The zero-order valence-electron chi connectivity index (χ0n) is 8.04. The molecule has 1 aromatic carbocycles. The fourth-order valence-electron chi connectivity index (χ4n) is 1.20. The van der Waals surface area contributed by atoms with Crippen LogP contribution in [-0.2, 0) is 0 Å². The van der Waals surface area contributed by atoms with Crippen molar-refractivity contribution in [2.75, 3.05) is 6.54 Å². The molecule has 0 saturated heterocycles. The molecule has 1 atom stereocenters. The number of aryl methyl sites for hydroxylation is 1. The smallest absolute Gasteiger partial charge is 0.121 e. The Kier molecular flexibility index (Phi) is 3.48. The molecule has 0 radical (unpaired) electrons. The first-order valence-electron chi connectivity index (χ1n) is 4.47. The standard InChI is InChI=1S/C11H14N2/c1-3-13-11(8-12)10-6-4-9(2)5-7-10/h4-7,11,13H,3H2,1-2H3/t11-/m1/s1. The molecule has 0 saturated carbocycles.